The van der Waals surface area contributed by atoms with Crippen LogP contribution in [0.15, 0.2) is 18.2 Å². The van der Waals surface area contributed by atoms with Crippen LogP contribution < -0.4 is 5.73 Å². The Labute approximate surface area is 100 Å². The minimum Gasteiger partial charge on any atom is -0.321 e. The summed E-state index contributed by atoms with van der Waals surface area (Å²) in [6, 6.07) is 3.60. The van der Waals surface area contributed by atoms with E-state index in [1.807, 2.05) is 0 Å². The van der Waals surface area contributed by atoms with E-state index in [1.54, 1.807) is 0 Å². The molecule has 1 saturated carbocycles. The highest BCUT2D eigenvalue weighted by Crippen LogP contribution is 2.35. The molecule has 1 aromatic rings. The quantitative estimate of drug-likeness (QED) is 0.808. The summed E-state index contributed by atoms with van der Waals surface area (Å²) in [5, 5.41) is 0. The van der Waals surface area contributed by atoms with Crippen LogP contribution in [0.4, 0.5) is 8.78 Å². The van der Waals surface area contributed by atoms with Crippen molar-refractivity contribution in [1.82, 2.24) is 0 Å². The van der Waals surface area contributed by atoms with Gasteiger partial charge in [0.1, 0.15) is 11.6 Å². The van der Waals surface area contributed by atoms with Crippen LogP contribution in [-0.2, 0) is 5.54 Å². The molecule has 0 unspecified atom stereocenters. The zero-order valence-corrected chi connectivity index (χ0v) is 9.83. The van der Waals surface area contributed by atoms with E-state index in [0.717, 1.165) is 38.2 Å². The van der Waals surface area contributed by atoms with Gasteiger partial charge in [0.25, 0.3) is 0 Å². The summed E-state index contributed by atoms with van der Waals surface area (Å²) in [5.41, 5.74) is 6.26. The summed E-state index contributed by atoms with van der Waals surface area (Å²) in [7, 11) is 0. The molecule has 2 rings (SSSR count). The maximum Gasteiger partial charge on any atom is 0.126 e. The average Bonchev–Trinajstić information content (AvgIpc) is 2.17. The molecule has 1 nitrogen and oxygen atoms in total. The predicted octanol–water partition coefficient (Wildman–Crippen LogP) is 3.50. The third kappa shape index (κ3) is 2.71. The first-order valence-electron chi connectivity index (χ1n) is 5.36. The van der Waals surface area contributed by atoms with E-state index in [4.69, 9.17) is 5.73 Å². The maximum atomic E-state index is 13.1. The van der Waals surface area contributed by atoms with Gasteiger partial charge >= 0.3 is 0 Å². The number of nitrogens with two attached hydrogens (primary N) is 1. The molecule has 1 aliphatic carbocycles. The Bertz CT molecular complexity index is 342. The fourth-order valence-corrected chi connectivity index (χ4v) is 2.31. The SMILES string of the molecule is Cl.NC1(c2cc(F)cc(F)c2)CCCCC1. The second kappa shape index (κ2) is 5.11. The summed E-state index contributed by atoms with van der Waals surface area (Å²) in [4.78, 5) is 0. The van der Waals surface area contributed by atoms with E-state index in [-0.39, 0.29) is 12.4 Å². The molecule has 1 fully saturated rings. The highest BCUT2D eigenvalue weighted by atomic mass is 35.5. The zero-order chi connectivity index (χ0) is 10.9. The lowest BCUT2D eigenvalue weighted by molar-refractivity contribution is 0.300. The van der Waals surface area contributed by atoms with Crippen LogP contribution in [0, 0.1) is 11.6 Å². The smallest absolute Gasteiger partial charge is 0.126 e. The number of halogens is 3. The topological polar surface area (TPSA) is 26.0 Å². The van der Waals surface area contributed by atoms with Crippen LogP contribution in [0.3, 0.4) is 0 Å². The average molecular weight is 248 g/mol. The number of hydrogen-bond acceptors (Lipinski definition) is 1. The van der Waals surface area contributed by atoms with Crippen LogP contribution in [-0.4, -0.2) is 0 Å². The predicted molar refractivity (Wildman–Crippen MR) is 62.6 cm³/mol. The van der Waals surface area contributed by atoms with Crippen LogP contribution in [0.2, 0.25) is 0 Å². The van der Waals surface area contributed by atoms with Crippen LogP contribution in [0.1, 0.15) is 37.7 Å². The summed E-state index contributed by atoms with van der Waals surface area (Å²) in [6.07, 6.45) is 4.87. The first kappa shape index (κ1) is 13.4. The Morgan fingerprint density at radius 1 is 0.938 bits per heavy atom. The van der Waals surface area contributed by atoms with Crippen LogP contribution in [0.5, 0.6) is 0 Å². The van der Waals surface area contributed by atoms with Crippen molar-refractivity contribution < 1.29 is 8.78 Å². The van der Waals surface area contributed by atoms with E-state index in [9.17, 15) is 8.78 Å². The number of rotatable bonds is 1. The van der Waals surface area contributed by atoms with Crippen molar-refractivity contribution in [3.63, 3.8) is 0 Å². The van der Waals surface area contributed by atoms with E-state index < -0.39 is 17.2 Å². The van der Waals surface area contributed by atoms with Crippen LogP contribution in [0.25, 0.3) is 0 Å². The summed E-state index contributed by atoms with van der Waals surface area (Å²) >= 11 is 0. The van der Waals surface area contributed by atoms with Crippen molar-refractivity contribution in [2.75, 3.05) is 0 Å². The minimum atomic E-state index is -0.541. The van der Waals surface area contributed by atoms with Gasteiger partial charge in [-0.15, -0.1) is 12.4 Å². The standard InChI is InChI=1S/C12H15F2N.ClH/c13-10-6-9(7-11(14)8-10)12(15)4-2-1-3-5-12;/h6-8H,1-5,15H2;1H. The lowest BCUT2D eigenvalue weighted by Crippen LogP contribution is -2.38. The highest BCUT2D eigenvalue weighted by molar-refractivity contribution is 5.85. The van der Waals surface area contributed by atoms with Gasteiger partial charge in [-0.1, -0.05) is 19.3 Å². The molecule has 0 bridgehead atoms. The molecule has 0 atom stereocenters. The van der Waals surface area contributed by atoms with Gasteiger partial charge in [0.05, 0.1) is 0 Å². The molecule has 1 aromatic carbocycles. The molecular formula is C12H16ClF2N. The van der Waals surface area contributed by atoms with Gasteiger partial charge in [-0.3, -0.25) is 0 Å². The van der Waals surface area contributed by atoms with Crippen molar-refractivity contribution in [3.05, 3.63) is 35.4 Å². The van der Waals surface area contributed by atoms with Gasteiger partial charge in [0.15, 0.2) is 0 Å². The molecule has 0 radical (unpaired) electrons. The minimum absolute atomic E-state index is 0. The van der Waals surface area contributed by atoms with Gasteiger partial charge in [-0.25, -0.2) is 8.78 Å². The Morgan fingerprint density at radius 2 is 1.44 bits per heavy atom. The van der Waals surface area contributed by atoms with E-state index in [1.165, 1.54) is 12.1 Å². The first-order chi connectivity index (χ1) is 7.10. The van der Waals surface area contributed by atoms with Gasteiger partial charge in [-0.2, -0.15) is 0 Å². The molecule has 0 amide bonds. The van der Waals surface area contributed by atoms with Crippen molar-refractivity contribution in [2.24, 2.45) is 5.73 Å². The molecule has 0 saturated heterocycles. The van der Waals surface area contributed by atoms with E-state index in [2.05, 4.69) is 0 Å². The molecule has 2 N–H and O–H groups in total. The third-order valence-electron chi connectivity index (χ3n) is 3.18. The summed E-state index contributed by atoms with van der Waals surface area (Å²) in [5.74, 6) is -1.08. The zero-order valence-electron chi connectivity index (χ0n) is 9.01. The first-order valence-corrected chi connectivity index (χ1v) is 5.36. The molecule has 4 heteroatoms. The van der Waals surface area contributed by atoms with Crippen LogP contribution >= 0.6 is 12.4 Å². The van der Waals surface area contributed by atoms with Crippen molar-refractivity contribution in [3.8, 4) is 0 Å². The largest absolute Gasteiger partial charge is 0.321 e. The Morgan fingerprint density at radius 3 is 1.94 bits per heavy atom. The summed E-state index contributed by atoms with van der Waals surface area (Å²) in [6.45, 7) is 0. The van der Waals surface area contributed by atoms with Crippen molar-refractivity contribution in [1.29, 1.82) is 0 Å². The van der Waals surface area contributed by atoms with Gasteiger partial charge in [0.2, 0.25) is 0 Å². The third-order valence-corrected chi connectivity index (χ3v) is 3.18. The van der Waals surface area contributed by atoms with Gasteiger partial charge in [0, 0.05) is 11.6 Å². The lowest BCUT2D eigenvalue weighted by atomic mass is 9.77. The molecule has 0 heterocycles. The lowest BCUT2D eigenvalue weighted by Gasteiger charge is -2.33. The van der Waals surface area contributed by atoms with Gasteiger partial charge < -0.3 is 5.73 Å². The van der Waals surface area contributed by atoms with Gasteiger partial charge in [-0.05, 0) is 30.5 Å². The van der Waals surface area contributed by atoms with E-state index >= 15 is 0 Å². The number of hydrogen-bond donors (Lipinski definition) is 1. The van der Waals surface area contributed by atoms with Crippen molar-refractivity contribution >= 4 is 12.4 Å². The highest BCUT2D eigenvalue weighted by Gasteiger charge is 2.30. The second-order valence-electron chi connectivity index (χ2n) is 4.37. The molecule has 1 aliphatic rings. The fraction of sp³-hybridized carbons (Fsp3) is 0.500. The maximum absolute atomic E-state index is 13.1. The fourth-order valence-electron chi connectivity index (χ4n) is 2.31. The monoisotopic (exact) mass is 247 g/mol. The van der Waals surface area contributed by atoms with Crippen molar-refractivity contribution in [2.45, 2.75) is 37.6 Å². The molecule has 16 heavy (non-hydrogen) atoms. The molecule has 0 aliphatic heterocycles. The number of benzene rings is 1. The normalized spacial score (nSPS) is 18.9. The Kier molecular flexibility index (Phi) is 4.28. The second-order valence-corrected chi connectivity index (χ2v) is 4.37. The Hall–Kier alpha value is -0.670. The van der Waals surface area contributed by atoms with E-state index in [0.29, 0.717) is 5.56 Å². The molecule has 90 valence electrons. The molecule has 0 aromatic heterocycles. The molecule has 0 spiro atoms. The summed E-state index contributed by atoms with van der Waals surface area (Å²) < 4.78 is 26.1. The Balaban J connectivity index is 0.00000128. The molecular weight excluding hydrogens is 232 g/mol.